The summed E-state index contributed by atoms with van der Waals surface area (Å²) in [4.78, 5) is 22.2. The normalized spacial score (nSPS) is 10.1. The van der Waals surface area contributed by atoms with Gasteiger partial charge in [0.15, 0.2) is 0 Å². The highest BCUT2D eigenvalue weighted by atomic mass is 16.2. The van der Waals surface area contributed by atoms with Crippen molar-refractivity contribution in [1.82, 2.24) is 5.32 Å². The summed E-state index contributed by atoms with van der Waals surface area (Å²) in [6, 6.07) is 6.78. The number of anilines is 1. The molecule has 0 aliphatic carbocycles. The molecule has 17 heavy (non-hydrogen) atoms. The molecule has 0 saturated heterocycles. The Morgan fingerprint density at radius 1 is 1.24 bits per heavy atom. The Labute approximate surface area is 100 Å². The van der Waals surface area contributed by atoms with Crippen molar-refractivity contribution in [2.24, 2.45) is 5.73 Å². The number of carbonyl (C=O) groups excluding carboxylic acids is 2. The molecule has 5 nitrogen and oxygen atoms in total. The Balaban J connectivity index is 2.47. The fourth-order valence-electron chi connectivity index (χ4n) is 1.31. The molecule has 0 aliphatic rings. The van der Waals surface area contributed by atoms with Gasteiger partial charge < -0.3 is 16.4 Å². The van der Waals surface area contributed by atoms with Crippen LogP contribution in [0, 0.1) is 0 Å². The first kappa shape index (κ1) is 13.0. The van der Waals surface area contributed by atoms with Gasteiger partial charge in [-0.25, -0.2) is 0 Å². The minimum Gasteiger partial charge on any atom is -0.376 e. The molecule has 0 aliphatic heterocycles. The molecule has 0 fully saturated rings. The molecular formula is C12H17N3O2. The molecule has 4 N–H and O–H groups in total. The van der Waals surface area contributed by atoms with Gasteiger partial charge in [0, 0.05) is 17.3 Å². The van der Waals surface area contributed by atoms with Crippen molar-refractivity contribution >= 4 is 17.5 Å². The van der Waals surface area contributed by atoms with Crippen molar-refractivity contribution in [2.75, 3.05) is 11.9 Å². The molecule has 92 valence electrons. The van der Waals surface area contributed by atoms with Gasteiger partial charge in [-0.05, 0) is 38.1 Å². The molecule has 0 aromatic heterocycles. The fraction of sp³-hybridized carbons (Fsp3) is 0.333. The van der Waals surface area contributed by atoms with E-state index >= 15 is 0 Å². The first-order valence-electron chi connectivity index (χ1n) is 5.42. The first-order chi connectivity index (χ1) is 7.99. The van der Waals surface area contributed by atoms with Crippen LogP contribution < -0.4 is 16.4 Å². The average molecular weight is 235 g/mol. The first-order valence-corrected chi connectivity index (χ1v) is 5.42. The molecule has 0 unspecified atom stereocenters. The number of primary amides is 1. The van der Waals surface area contributed by atoms with E-state index in [1.807, 2.05) is 13.8 Å². The van der Waals surface area contributed by atoms with Crippen molar-refractivity contribution < 1.29 is 9.59 Å². The van der Waals surface area contributed by atoms with Crippen molar-refractivity contribution in [3.63, 3.8) is 0 Å². The third-order valence-electron chi connectivity index (χ3n) is 2.07. The summed E-state index contributed by atoms with van der Waals surface area (Å²) in [6.45, 7) is 4.01. The second kappa shape index (κ2) is 5.89. The van der Waals surface area contributed by atoms with Crippen LogP contribution >= 0.6 is 0 Å². The molecule has 5 heteroatoms. The zero-order valence-electron chi connectivity index (χ0n) is 9.99. The Bertz CT molecular complexity index is 399. The topological polar surface area (TPSA) is 84.2 Å². The van der Waals surface area contributed by atoms with E-state index in [4.69, 9.17) is 5.73 Å². The van der Waals surface area contributed by atoms with Crippen molar-refractivity contribution in [3.8, 4) is 0 Å². The molecule has 0 bridgehead atoms. The molecule has 2 amide bonds. The highest BCUT2D eigenvalue weighted by Crippen LogP contribution is 2.08. The van der Waals surface area contributed by atoms with Gasteiger partial charge in [-0.1, -0.05) is 0 Å². The number of amides is 2. The standard InChI is InChI=1S/C12H17N3O2/c1-8(2)15-11(16)7-14-10-5-3-9(4-6-10)12(13)17/h3-6,8,14H,7H2,1-2H3,(H2,13,17)(H,15,16). The molecule has 0 saturated carbocycles. The molecule has 1 aromatic rings. The van der Waals surface area contributed by atoms with Gasteiger partial charge >= 0.3 is 0 Å². The van der Waals surface area contributed by atoms with Gasteiger partial charge in [-0.15, -0.1) is 0 Å². The molecule has 0 heterocycles. The third kappa shape index (κ3) is 4.55. The van der Waals surface area contributed by atoms with Crippen molar-refractivity contribution in [2.45, 2.75) is 19.9 Å². The predicted octanol–water partition coefficient (Wildman–Crippen LogP) is 0.722. The number of benzene rings is 1. The van der Waals surface area contributed by atoms with Crippen LogP contribution in [0.2, 0.25) is 0 Å². The van der Waals surface area contributed by atoms with E-state index in [0.717, 1.165) is 5.69 Å². The van der Waals surface area contributed by atoms with Crippen LogP contribution in [-0.4, -0.2) is 24.4 Å². The minimum atomic E-state index is -0.464. The molecule has 0 radical (unpaired) electrons. The van der Waals surface area contributed by atoms with Crippen LogP contribution in [-0.2, 0) is 4.79 Å². The monoisotopic (exact) mass is 235 g/mol. The van der Waals surface area contributed by atoms with E-state index in [1.165, 1.54) is 0 Å². The van der Waals surface area contributed by atoms with E-state index in [9.17, 15) is 9.59 Å². The summed E-state index contributed by atoms with van der Waals surface area (Å²) < 4.78 is 0. The van der Waals surface area contributed by atoms with Gasteiger partial charge in [0.25, 0.3) is 0 Å². The second-order valence-electron chi connectivity index (χ2n) is 4.02. The largest absolute Gasteiger partial charge is 0.376 e. The lowest BCUT2D eigenvalue weighted by molar-refractivity contribution is -0.119. The smallest absolute Gasteiger partial charge is 0.248 e. The maximum absolute atomic E-state index is 11.4. The van der Waals surface area contributed by atoms with E-state index in [-0.39, 0.29) is 18.5 Å². The number of nitrogens with one attached hydrogen (secondary N) is 2. The van der Waals surface area contributed by atoms with Crippen molar-refractivity contribution in [3.05, 3.63) is 29.8 Å². The van der Waals surface area contributed by atoms with Crippen LogP contribution in [0.25, 0.3) is 0 Å². The lowest BCUT2D eigenvalue weighted by Gasteiger charge is -2.10. The predicted molar refractivity (Wildman–Crippen MR) is 66.7 cm³/mol. The SMILES string of the molecule is CC(C)NC(=O)CNc1ccc(C(N)=O)cc1. The van der Waals surface area contributed by atoms with Gasteiger partial charge in [-0.2, -0.15) is 0 Å². The quantitative estimate of drug-likeness (QED) is 0.703. The summed E-state index contributed by atoms with van der Waals surface area (Å²) in [5.41, 5.74) is 6.34. The van der Waals surface area contributed by atoms with Crippen LogP contribution in [0.4, 0.5) is 5.69 Å². The second-order valence-corrected chi connectivity index (χ2v) is 4.02. The van der Waals surface area contributed by atoms with Gasteiger partial charge in [0.2, 0.25) is 11.8 Å². The van der Waals surface area contributed by atoms with Crippen LogP contribution in [0.3, 0.4) is 0 Å². The Morgan fingerprint density at radius 2 is 1.82 bits per heavy atom. The Kier molecular flexibility index (Phi) is 4.51. The number of nitrogens with two attached hydrogens (primary N) is 1. The minimum absolute atomic E-state index is 0.0704. The molecular weight excluding hydrogens is 218 g/mol. The number of carbonyl (C=O) groups is 2. The Morgan fingerprint density at radius 3 is 2.29 bits per heavy atom. The summed E-state index contributed by atoms with van der Waals surface area (Å²) in [5.74, 6) is -0.534. The van der Waals surface area contributed by atoms with E-state index in [0.29, 0.717) is 5.56 Å². The summed E-state index contributed by atoms with van der Waals surface area (Å²) >= 11 is 0. The van der Waals surface area contributed by atoms with Crippen molar-refractivity contribution in [1.29, 1.82) is 0 Å². The lowest BCUT2D eigenvalue weighted by atomic mass is 10.2. The van der Waals surface area contributed by atoms with Gasteiger partial charge in [0.1, 0.15) is 0 Å². The highest BCUT2D eigenvalue weighted by molar-refractivity contribution is 5.93. The fourth-order valence-corrected chi connectivity index (χ4v) is 1.31. The maximum Gasteiger partial charge on any atom is 0.248 e. The van der Waals surface area contributed by atoms with Crippen LogP contribution in [0.5, 0.6) is 0 Å². The number of rotatable bonds is 5. The highest BCUT2D eigenvalue weighted by Gasteiger charge is 2.03. The van der Waals surface area contributed by atoms with E-state index in [2.05, 4.69) is 10.6 Å². The zero-order chi connectivity index (χ0) is 12.8. The van der Waals surface area contributed by atoms with Gasteiger partial charge in [0.05, 0.1) is 6.54 Å². The molecule has 1 aromatic carbocycles. The van der Waals surface area contributed by atoms with E-state index < -0.39 is 5.91 Å². The van der Waals surface area contributed by atoms with Gasteiger partial charge in [-0.3, -0.25) is 9.59 Å². The van der Waals surface area contributed by atoms with E-state index in [1.54, 1.807) is 24.3 Å². The molecule has 0 atom stereocenters. The Hall–Kier alpha value is -2.04. The number of hydrogen-bond acceptors (Lipinski definition) is 3. The van der Waals surface area contributed by atoms with Crippen LogP contribution in [0.1, 0.15) is 24.2 Å². The average Bonchev–Trinajstić information content (AvgIpc) is 2.26. The third-order valence-corrected chi connectivity index (χ3v) is 2.07. The number of hydrogen-bond donors (Lipinski definition) is 3. The van der Waals surface area contributed by atoms with Crippen LogP contribution in [0.15, 0.2) is 24.3 Å². The lowest BCUT2D eigenvalue weighted by Crippen LogP contribution is -2.34. The maximum atomic E-state index is 11.4. The molecule has 0 spiro atoms. The summed E-state index contributed by atoms with van der Waals surface area (Å²) in [6.07, 6.45) is 0. The summed E-state index contributed by atoms with van der Waals surface area (Å²) in [5, 5.41) is 5.72. The molecule has 1 rings (SSSR count). The summed E-state index contributed by atoms with van der Waals surface area (Å²) in [7, 11) is 0. The zero-order valence-corrected chi connectivity index (χ0v) is 9.99.